The van der Waals surface area contributed by atoms with E-state index in [1.165, 1.54) is 12.8 Å². The van der Waals surface area contributed by atoms with E-state index in [1.807, 2.05) is 25.3 Å². The molecule has 0 aliphatic heterocycles. The third-order valence-corrected chi connectivity index (χ3v) is 4.02. The van der Waals surface area contributed by atoms with Crippen LogP contribution < -0.4 is 10.6 Å². The van der Waals surface area contributed by atoms with Gasteiger partial charge >= 0.3 is 0 Å². The van der Waals surface area contributed by atoms with Gasteiger partial charge in [0.25, 0.3) is 0 Å². The molecule has 2 N–H and O–H groups in total. The first-order valence-electron chi connectivity index (χ1n) is 8.09. The molecule has 0 spiro atoms. The van der Waals surface area contributed by atoms with Crippen molar-refractivity contribution >= 4 is 11.7 Å². The lowest BCUT2D eigenvalue weighted by atomic mass is 10.1. The Morgan fingerprint density at radius 2 is 2.13 bits per heavy atom. The molecule has 1 aliphatic carbocycles. The molecule has 0 saturated heterocycles. The van der Waals surface area contributed by atoms with Crippen LogP contribution in [-0.2, 0) is 4.79 Å². The number of nitrogens with zero attached hydrogens (tertiary/aromatic N) is 4. The largest absolute Gasteiger partial charge is 0.368 e. The number of nitrogens with one attached hydrogen (secondary N) is 2. The van der Waals surface area contributed by atoms with E-state index in [-0.39, 0.29) is 11.8 Å². The maximum atomic E-state index is 11.9. The second kappa shape index (κ2) is 7.21. The van der Waals surface area contributed by atoms with Crippen molar-refractivity contribution in [2.24, 2.45) is 5.92 Å². The van der Waals surface area contributed by atoms with Gasteiger partial charge in [-0.1, -0.05) is 12.8 Å². The molecule has 7 heteroatoms. The SMILES string of the molecule is Cc1nc(NCCNC(=O)C2CCCC2)cc(-n2cccn2)n1. The van der Waals surface area contributed by atoms with Crippen molar-refractivity contribution in [2.75, 3.05) is 18.4 Å². The molecule has 0 unspecified atom stereocenters. The Hall–Kier alpha value is -2.44. The minimum Gasteiger partial charge on any atom is -0.368 e. The summed E-state index contributed by atoms with van der Waals surface area (Å²) in [6.45, 7) is 3.07. The summed E-state index contributed by atoms with van der Waals surface area (Å²) in [5.41, 5.74) is 0. The fourth-order valence-corrected chi connectivity index (χ4v) is 2.87. The van der Waals surface area contributed by atoms with E-state index in [9.17, 15) is 4.79 Å². The van der Waals surface area contributed by atoms with Crippen LogP contribution in [-0.4, -0.2) is 38.7 Å². The second-order valence-corrected chi connectivity index (χ2v) is 5.81. The van der Waals surface area contributed by atoms with Gasteiger partial charge in [-0.05, 0) is 25.8 Å². The molecule has 2 aromatic rings. The molecule has 0 atom stereocenters. The number of anilines is 1. The average molecular weight is 314 g/mol. The topological polar surface area (TPSA) is 84.7 Å². The van der Waals surface area contributed by atoms with Crippen molar-refractivity contribution in [3.8, 4) is 5.82 Å². The summed E-state index contributed by atoms with van der Waals surface area (Å²) in [5, 5.41) is 10.4. The van der Waals surface area contributed by atoms with Crippen LogP contribution in [0.2, 0.25) is 0 Å². The number of hydrogen-bond acceptors (Lipinski definition) is 5. The highest BCUT2D eigenvalue weighted by molar-refractivity contribution is 5.78. The van der Waals surface area contributed by atoms with Gasteiger partial charge in [0.05, 0.1) is 0 Å². The van der Waals surface area contributed by atoms with Gasteiger partial charge in [0.15, 0.2) is 5.82 Å². The summed E-state index contributed by atoms with van der Waals surface area (Å²) in [7, 11) is 0. The maximum Gasteiger partial charge on any atom is 0.223 e. The van der Waals surface area contributed by atoms with Crippen LogP contribution in [0.3, 0.4) is 0 Å². The highest BCUT2D eigenvalue weighted by atomic mass is 16.1. The van der Waals surface area contributed by atoms with Gasteiger partial charge in [0, 0.05) is 37.5 Å². The van der Waals surface area contributed by atoms with E-state index in [4.69, 9.17) is 0 Å². The lowest BCUT2D eigenvalue weighted by Crippen LogP contribution is -2.33. The highest BCUT2D eigenvalue weighted by Crippen LogP contribution is 2.24. The van der Waals surface area contributed by atoms with Gasteiger partial charge in [-0.15, -0.1) is 0 Å². The number of amides is 1. The van der Waals surface area contributed by atoms with E-state index in [0.717, 1.165) is 24.5 Å². The summed E-state index contributed by atoms with van der Waals surface area (Å²) in [6.07, 6.45) is 7.95. The van der Waals surface area contributed by atoms with Crippen LogP contribution in [0, 0.1) is 12.8 Å². The van der Waals surface area contributed by atoms with Gasteiger partial charge < -0.3 is 10.6 Å². The van der Waals surface area contributed by atoms with Crippen LogP contribution in [0.15, 0.2) is 24.5 Å². The maximum absolute atomic E-state index is 11.9. The molecular weight excluding hydrogens is 292 g/mol. The van der Waals surface area contributed by atoms with Gasteiger partial charge in [-0.3, -0.25) is 4.79 Å². The normalized spacial score (nSPS) is 14.8. The van der Waals surface area contributed by atoms with Gasteiger partial charge in [-0.25, -0.2) is 14.6 Å². The lowest BCUT2D eigenvalue weighted by Gasteiger charge is -2.12. The number of rotatable bonds is 6. The van der Waals surface area contributed by atoms with Gasteiger partial charge in [0.2, 0.25) is 5.91 Å². The summed E-state index contributed by atoms with van der Waals surface area (Å²) in [5.74, 6) is 2.52. The Morgan fingerprint density at radius 1 is 1.30 bits per heavy atom. The molecule has 1 saturated carbocycles. The first kappa shape index (κ1) is 15.5. The Kier molecular flexibility index (Phi) is 4.85. The predicted octanol–water partition coefficient (Wildman–Crippen LogP) is 1.69. The molecule has 0 bridgehead atoms. The standard InChI is InChI=1S/C16H22N6O/c1-12-20-14(11-15(21-12)22-10-4-7-19-22)17-8-9-18-16(23)13-5-2-3-6-13/h4,7,10-11,13H,2-3,5-6,8-9H2,1H3,(H,18,23)(H,17,20,21). The monoisotopic (exact) mass is 314 g/mol. The first-order valence-corrected chi connectivity index (χ1v) is 8.09. The zero-order valence-corrected chi connectivity index (χ0v) is 13.3. The van der Waals surface area contributed by atoms with Crippen LogP contribution >= 0.6 is 0 Å². The van der Waals surface area contributed by atoms with Gasteiger partial charge in [-0.2, -0.15) is 5.10 Å². The summed E-state index contributed by atoms with van der Waals surface area (Å²) >= 11 is 0. The molecule has 7 nitrogen and oxygen atoms in total. The van der Waals surface area contributed by atoms with E-state index in [0.29, 0.717) is 18.9 Å². The number of hydrogen-bond donors (Lipinski definition) is 2. The molecule has 0 radical (unpaired) electrons. The minimum absolute atomic E-state index is 0.181. The Morgan fingerprint density at radius 3 is 2.87 bits per heavy atom. The Balaban J connectivity index is 1.51. The number of aromatic nitrogens is 4. The molecule has 122 valence electrons. The first-order chi connectivity index (χ1) is 11.2. The van der Waals surface area contributed by atoms with Crippen molar-refractivity contribution in [1.82, 2.24) is 25.1 Å². The quantitative estimate of drug-likeness (QED) is 0.793. The van der Waals surface area contributed by atoms with Crippen molar-refractivity contribution in [1.29, 1.82) is 0 Å². The molecule has 2 heterocycles. The number of carbonyl (C=O) groups excluding carboxylic acids is 1. The molecule has 23 heavy (non-hydrogen) atoms. The van der Waals surface area contributed by atoms with Crippen LogP contribution in [0.25, 0.3) is 5.82 Å². The summed E-state index contributed by atoms with van der Waals surface area (Å²) in [4.78, 5) is 20.7. The predicted molar refractivity (Wildman–Crippen MR) is 87.3 cm³/mol. The molecule has 1 aliphatic rings. The fourth-order valence-electron chi connectivity index (χ4n) is 2.87. The van der Waals surface area contributed by atoms with Gasteiger partial charge in [0.1, 0.15) is 11.6 Å². The Labute approximate surface area is 135 Å². The third kappa shape index (κ3) is 4.06. The van der Waals surface area contributed by atoms with E-state index >= 15 is 0 Å². The minimum atomic E-state index is 0.181. The van der Waals surface area contributed by atoms with E-state index in [2.05, 4.69) is 25.7 Å². The number of carbonyl (C=O) groups is 1. The van der Waals surface area contributed by atoms with E-state index < -0.39 is 0 Å². The second-order valence-electron chi connectivity index (χ2n) is 5.81. The van der Waals surface area contributed by atoms with E-state index in [1.54, 1.807) is 10.9 Å². The molecular formula is C16H22N6O. The highest BCUT2D eigenvalue weighted by Gasteiger charge is 2.21. The molecule has 1 fully saturated rings. The summed E-state index contributed by atoms with van der Waals surface area (Å²) < 4.78 is 1.70. The molecule has 0 aromatic carbocycles. The third-order valence-electron chi connectivity index (χ3n) is 4.02. The zero-order valence-electron chi connectivity index (χ0n) is 13.3. The average Bonchev–Trinajstić information content (AvgIpc) is 3.23. The van der Waals surface area contributed by atoms with Crippen LogP contribution in [0.4, 0.5) is 5.82 Å². The zero-order chi connectivity index (χ0) is 16.1. The lowest BCUT2D eigenvalue weighted by molar-refractivity contribution is -0.124. The summed E-state index contributed by atoms with van der Waals surface area (Å²) in [6, 6.07) is 3.70. The molecule has 2 aromatic heterocycles. The number of aryl methyl sites for hydroxylation is 1. The molecule has 1 amide bonds. The van der Waals surface area contributed by atoms with Crippen molar-refractivity contribution in [3.05, 3.63) is 30.4 Å². The van der Waals surface area contributed by atoms with Crippen LogP contribution in [0.5, 0.6) is 0 Å². The molecule has 3 rings (SSSR count). The fraction of sp³-hybridized carbons (Fsp3) is 0.500. The van der Waals surface area contributed by atoms with Crippen molar-refractivity contribution in [2.45, 2.75) is 32.6 Å². The van der Waals surface area contributed by atoms with Crippen LogP contribution in [0.1, 0.15) is 31.5 Å². The van der Waals surface area contributed by atoms with Crippen molar-refractivity contribution in [3.63, 3.8) is 0 Å². The van der Waals surface area contributed by atoms with Crippen molar-refractivity contribution < 1.29 is 4.79 Å². The smallest absolute Gasteiger partial charge is 0.223 e. The Bertz CT molecular complexity index is 649.